The SMILES string of the molecule is Cc1cc(C)c(S(=O)(=O)NCCC(=O)N(C)Cc2ccccc2N2CCCC2)c(C)c1. The molecule has 1 heterocycles. The summed E-state index contributed by atoms with van der Waals surface area (Å²) in [5.74, 6) is -0.0868. The Bertz CT molecular complexity index is 1020. The molecule has 0 spiro atoms. The van der Waals surface area contributed by atoms with Crippen LogP contribution in [0.15, 0.2) is 41.3 Å². The Kier molecular flexibility index (Phi) is 7.38. The van der Waals surface area contributed by atoms with Crippen molar-refractivity contribution in [2.45, 2.75) is 51.5 Å². The zero-order chi connectivity index (χ0) is 22.6. The number of anilines is 1. The highest BCUT2D eigenvalue weighted by molar-refractivity contribution is 7.89. The van der Waals surface area contributed by atoms with Crippen LogP contribution < -0.4 is 9.62 Å². The lowest BCUT2D eigenvalue weighted by molar-refractivity contribution is -0.130. The van der Waals surface area contributed by atoms with Crippen molar-refractivity contribution in [3.63, 3.8) is 0 Å². The van der Waals surface area contributed by atoms with E-state index in [2.05, 4.69) is 21.8 Å². The molecule has 1 fully saturated rings. The van der Waals surface area contributed by atoms with Gasteiger partial charge in [-0.3, -0.25) is 4.79 Å². The quantitative estimate of drug-likeness (QED) is 0.678. The Balaban J connectivity index is 1.59. The van der Waals surface area contributed by atoms with Crippen molar-refractivity contribution in [1.82, 2.24) is 9.62 Å². The van der Waals surface area contributed by atoms with Gasteiger partial charge in [0.15, 0.2) is 0 Å². The summed E-state index contributed by atoms with van der Waals surface area (Å²) in [6.07, 6.45) is 2.51. The molecular formula is C24H33N3O3S. The Hall–Kier alpha value is -2.38. The number of benzene rings is 2. The maximum atomic E-state index is 12.8. The molecule has 0 bridgehead atoms. The summed E-state index contributed by atoms with van der Waals surface area (Å²) in [5.41, 5.74) is 4.76. The fourth-order valence-corrected chi connectivity index (χ4v) is 5.88. The van der Waals surface area contributed by atoms with Gasteiger partial charge in [-0.25, -0.2) is 13.1 Å². The molecule has 0 atom stereocenters. The second-order valence-corrected chi connectivity index (χ2v) is 10.2. The summed E-state index contributed by atoms with van der Waals surface area (Å²) in [4.78, 5) is 17.0. The minimum atomic E-state index is -3.66. The third-order valence-electron chi connectivity index (χ3n) is 5.78. The average Bonchev–Trinajstić information content (AvgIpc) is 3.21. The number of hydrogen-bond acceptors (Lipinski definition) is 4. The fourth-order valence-electron chi connectivity index (χ4n) is 4.40. The van der Waals surface area contributed by atoms with Gasteiger partial charge in [0, 0.05) is 45.3 Å². The summed E-state index contributed by atoms with van der Waals surface area (Å²) in [7, 11) is -1.89. The maximum absolute atomic E-state index is 12.8. The molecule has 1 saturated heterocycles. The van der Waals surface area contributed by atoms with Crippen LogP contribution in [-0.4, -0.2) is 45.9 Å². The first-order valence-electron chi connectivity index (χ1n) is 10.8. The highest BCUT2D eigenvalue weighted by Gasteiger charge is 2.21. The summed E-state index contributed by atoms with van der Waals surface area (Å²) < 4.78 is 28.2. The number of carbonyl (C=O) groups is 1. The number of aryl methyl sites for hydroxylation is 3. The molecule has 2 aromatic rings. The van der Waals surface area contributed by atoms with E-state index in [-0.39, 0.29) is 18.9 Å². The van der Waals surface area contributed by atoms with E-state index < -0.39 is 10.0 Å². The second-order valence-electron chi connectivity index (χ2n) is 8.45. The molecule has 7 heteroatoms. The topological polar surface area (TPSA) is 69.7 Å². The molecule has 0 aromatic heterocycles. The van der Waals surface area contributed by atoms with Crippen LogP contribution in [0.3, 0.4) is 0 Å². The molecule has 0 aliphatic carbocycles. The van der Waals surface area contributed by atoms with Gasteiger partial charge in [-0.05, 0) is 56.4 Å². The Labute approximate surface area is 186 Å². The zero-order valence-corrected chi connectivity index (χ0v) is 19.8. The number of carbonyl (C=O) groups excluding carboxylic acids is 1. The van der Waals surface area contributed by atoms with Crippen LogP contribution in [0.4, 0.5) is 5.69 Å². The predicted molar refractivity (Wildman–Crippen MR) is 125 cm³/mol. The first kappa shape index (κ1) is 23.3. The number of sulfonamides is 1. The highest BCUT2D eigenvalue weighted by Crippen LogP contribution is 2.25. The van der Waals surface area contributed by atoms with Crippen molar-refractivity contribution in [3.8, 4) is 0 Å². The van der Waals surface area contributed by atoms with E-state index in [9.17, 15) is 13.2 Å². The van der Waals surface area contributed by atoms with Crippen LogP contribution in [0.5, 0.6) is 0 Å². The Morgan fingerprint density at radius 2 is 1.68 bits per heavy atom. The number of hydrogen-bond donors (Lipinski definition) is 1. The first-order chi connectivity index (χ1) is 14.7. The predicted octanol–water partition coefficient (Wildman–Crippen LogP) is 3.54. The Morgan fingerprint density at radius 3 is 2.32 bits per heavy atom. The average molecular weight is 444 g/mol. The van der Waals surface area contributed by atoms with Crippen molar-refractivity contribution in [2.75, 3.05) is 31.6 Å². The minimum Gasteiger partial charge on any atom is -0.371 e. The summed E-state index contributed by atoms with van der Waals surface area (Å²) in [6, 6.07) is 11.9. The van der Waals surface area contributed by atoms with Crippen LogP contribution in [0.2, 0.25) is 0 Å². The number of amides is 1. The van der Waals surface area contributed by atoms with Crippen molar-refractivity contribution in [3.05, 3.63) is 58.7 Å². The molecular weight excluding hydrogens is 410 g/mol. The van der Waals surface area contributed by atoms with Crippen molar-refractivity contribution >= 4 is 21.6 Å². The molecule has 168 valence electrons. The van der Waals surface area contributed by atoms with E-state index in [0.717, 1.165) is 24.2 Å². The Morgan fingerprint density at radius 1 is 1.06 bits per heavy atom. The molecule has 6 nitrogen and oxygen atoms in total. The molecule has 0 unspecified atom stereocenters. The molecule has 2 aromatic carbocycles. The first-order valence-corrected chi connectivity index (χ1v) is 12.3. The number of nitrogens with zero attached hydrogens (tertiary/aromatic N) is 2. The van der Waals surface area contributed by atoms with Crippen LogP contribution in [0.25, 0.3) is 0 Å². The monoisotopic (exact) mass is 443 g/mol. The van der Waals surface area contributed by atoms with E-state index in [0.29, 0.717) is 22.6 Å². The van der Waals surface area contributed by atoms with Gasteiger partial charge in [0.2, 0.25) is 15.9 Å². The van der Waals surface area contributed by atoms with Crippen LogP contribution in [0.1, 0.15) is 41.5 Å². The van der Waals surface area contributed by atoms with Gasteiger partial charge in [0.1, 0.15) is 0 Å². The van der Waals surface area contributed by atoms with Crippen molar-refractivity contribution < 1.29 is 13.2 Å². The molecule has 0 radical (unpaired) electrons. The third-order valence-corrected chi connectivity index (χ3v) is 7.54. The van der Waals surface area contributed by atoms with Gasteiger partial charge >= 0.3 is 0 Å². The normalized spacial score (nSPS) is 14.1. The number of nitrogens with one attached hydrogen (secondary N) is 1. The van der Waals surface area contributed by atoms with E-state index in [1.165, 1.54) is 18.5 Å². The van der Waals surface area contributed by atoms with E-state index in [1.807, 2.05) is 31.2 Å². The van der Waals surface area contributed by atoms with Crippen LogP contribution >= 0.6 is 0 Å². The van der Waals surface area contributed by atoms with Crippen LogP contribution in [0, 0.1) is 20.8 Å². The van der Waals surface area contributed by atoms with Gasteiger partial charge < -0.3 is 9.80 Å². The van der Waals surface area contributed by atoms with E-state index in [1.54, 1.807) is 25.8 Å². The molecule has 1 aliphatic rings. The fraction of sp³-hybridized carbons (Fsp3) is 0.458. The zero-order valence-electron chi connectivity index (χ0n) is 18.9. The standard InChI is InChI=1S/C24H33N3O3S/c1-18-15-19(2)24(20(3)16-18)31(29,30)25-12-11-23(28)26(4)17-21-9-5-6-10-22(21)27-13-7-8-14-27/h5-6,9-10,15-16,25H,7-8,11-14,17H2,1-4H3. The molecule has 1 amide bonds. The lowest BCUT2D eigenvalue weighted by atomic mass is 10.1. The van der Waals surface area contributed by atoms with E-state index >= 15 is 0 Å². The summed E-state index contributed by atoms with van der Waals surface area (Å²) >= 11 is 0. The van der Waals surface area contributed by atoms with Gasteiger partial charge in [0.25, 0.3) is 0 Å². The van der Waals surface area contributed by atoms with Gasteiger partial charge in [-0.2, -0.15) is 0 Å². The summed E-state index contributed by atoms with van der Waals surface area (Å²) in [5, 5.41) is 0. The smallest absolute Gasteiger partial charge is 0.241 e. The molecule has 1 aliphatic heterocycles. The maximum Gasteiger partial charge on any atom is 0.241 e. The van der Waals surface area contributed by atoms with E-state index in [4.69, 9.17) is 0 Å². The van der Waals surface area contributed by atoms with Crippen molar-refractivity contribution in [1.29, 1.82) is 0 Å². The van der Waals surface area contributed by atoms with Crippen molar-refractivity contribution in [2.24, 2.45) is 0 Å². The lowest BCUT2D eigenvalue weighted by Gasteiger charge is -2.24. The van der Waals surface area contributed by atoms with Gasteiger partial charge in [-0.15, -0.1) is 0 Å². The summed E-state index contributed by atoms with van der Waals surface area (Å²) in [6.45, 7) is 8.22. The second kappa shape index (κ2) is 9.83. The third kappa shape index (κ3) is 5.66. The molecule has 1 N–H and O–H groups in total. The van der Waals surface area contributed by atoms with Gasteiger partial charge in [0.05, 0.1) is 4.90 Å². The largest absolute Gasteiger partial charge is 0.371 e. The van der Waals surface area contributed by atoms with Gasteiger partial charge in [-0.1, -0.05) is 35.9 Å². The lowest BCUT2D eigenvalue weighted by Crippen LogP contribution is -2.33. The minimum absolute atomic E-state index is 0.0754. The molecule has 0 saturated carbocycles. The number of rotatable bonds is 8. The molecule has 31 heavy (non-hydrogen) atoms. The molecule has 3 rings (SSSR count). The highest BCUT2D eigenvalue weighted by atomic mass is 32.2. The number of para-hydroxylation sites is 1. The van der Waals surface area contributed by atoms with Crippen LogP contribution in [-0.2, 0) is 21.4 Å².